The molecule has 0 saturated carbocycles. The number of nitrogens with zero attached hydrogens (tertiary/aromatic N) is 2. The van der Waals surface area contributed by atoms with Gasteiger partial charge >= 0.3 is 0 Å². The van der Waals surface area contributed by atoms with E-state index >= 15 is 0 Å². The Labute approximate surface area is 120 Å². The number of fused-ring (bicyclic) bond motifs is 1. The van der Waals surface area contributed by atoms with E-state index in [0.29, 0.717) is 13.1 Å². The van der Waals surface area contributed by atoms with Crippen LogP contribution in [0.1, 0.15) is 39.3 Å². The minimum absolute atomic E-state index is 0.591. The van der Waals surface area contributed by atoms with E-state index in [1.165, 1.54) is 10.9 Å². The summed E-state index contributed by atoms with van der Waals surface area (Å²) in [4.78, 5) is 0. The summed E-state index contributed by atoms with van der Waals surface area (Å²) < 4.78 is 2.02. The van der Waals surface area contributed by atoms with Crippen LogP contribution in [0.3, 0.4) is 0 Å². The molecule has 0 radical (unpaired) electrons. The Morgan fingerprint density at radius 2 is 2.05 bits per heavy atom. The number of nitrogens with one attached hydrogen (secondary N) is 1. The lowest BCUT2D eigenvalue weighted by molar-refractivity contribution is 0.0497. The van der Waals surface area contributed by atoms with E-state index in [2.05, 4.69) is 36.4 Å². The maximum Gasteiger partial charge on any atom is 0.0841 e. The van der Waals surface area contributed by atoms with Crippen LogP contribution >= 0.6 is 0 Å². The molecule has 2 rings (SSSR count). The van der Waals surface area contributed by atoms with Gasteiger partial charge in [-0.3, -0.25) is 4.68 Å². The summed E-state index contributed by atoms with van der Waals surface area (Å²) in [6.07, 6.45) is 1.80. The summed E-state index contributed by atoms with van der Waals surface area (Å²) >= 11 is 0. The third-order valence-corrected chi connectivity index (χ3v) is 3.62. The number of aliphatic hydroxyl groups is 1. The summed E-state index contributed by atoms with van der Waals surface area (Å²) in [5, 5.41) is 19.3. The summed E-state index contributed by atoms with van der Waals surface area (Å²) in [5.41, 5.74) is 1.58. The Balaban J connectivity index is 2.07. The number of benzene rings is 1. The predicted molar refractivity (Wildman–Crippen MR) is 82.6 cm³/mol. The largest absolute Gasteiger partial charge is 0.389 e. The molecule has 4 heteroatoms. The Kier molecular flexibility index (Phi) is 4.78. The minimum atomic E-state index is -0.641. The fourth-order valence-electron chi connectivity index (χ4n) is 2.64. The summed E-state index contributed by atoms with van der Waals surface area (Å²) in [6, 6.07) is 8.29. The number of para-hydroxylation sites is 1. The van der Waals surface area contributed by atoms with Crippen LogP contribution in [-0.2, 0) is 13.1 Å². The SMILES string of the molecule is CCCC(C)(O)CNCc1nn(CC)c2ccccc12. The van der Waals surface area contributed by atoms with Crippen molar-refractivity contribution in [3.8, 4) is 0 Å². The van der Waals surface area contributed by atoms with Crippen LogP contribution < -0.4 is 5.32 Å². The van der Waals surface area contributed by atoms with Crippen molar-refractivity contribution in [1.29, 1.82) is 0 Å². The molecule has 0 spiro atoms. The molecule has 1 aromatic carbocycles. The van der Waals surface area contributed by atoms with Gasteiger partial charge in [-0.2, -0.15) is 5.10 Å². The van der Waals surface area contributed by atoms with Crippen LogP contribution in [0.2, 0.25) is 0 Å². The van der Waals surface area contributed by atoms with Gasteiger partial charge in [-0.15, -0.1) is 0 Å². The van der Waals surface area contributed by atoms with Crippen LogP contribution in [0, 0.1) is 0 Å². The fraction of sp³-hybridized carbons (Fsp3) is 0.562. The van der Waals surface area contributed by atoms with Crippen LogP contribution in [0.25, 0.3) is 10.9 Å². The molecule has 4 nitrogen and oxygen atoms in total. The van der Waals surface area contributed by atoms with Gasteiger partial charge in [0.2, 0.25) is 0 Å². The standard InChI is InChI=1S/C16H25N3O/c1-4-10-16(3,20)12-17-11-14-13-8-6-7-9-15(13)19(5-2)18-14/h6-9,17,20H,4-5,10-12H2,1-3H3. The van der Waals surface area contributed by atoms with Crippen LogP contribution in [-0.4, -0.2) is 27.0 Å². The minimum Gasteiger partial charge on any atom is -0.389 e. The first-order chi connectivity index (χ1) is 9.57. The van der Waals surface area contributed by atoms with E-state index in [9.17, 15) is 5.11 Å². The molecule has 1 atom stereocenters. The van der Waals surface area contributed by atoms with Gasteiger partial charge in [-0.25, -0.2) is 0 Å². The van der Waals surface area contributed by atoms with Crippen molar-refractivity contribution in [1.82, 2.24) is 15.1 Å². The third-order valence-electron chi connectivity index (χ3n) is 3.62. The third kappa shape index (κ3) is 3.38. The lowest BCUT2D eigenvalue weighted by Crippen LogP contribution is -2.37. The van der Waals surface area contributed by atoms with Gasteiger partial charge < -0.3 is 10.4 Å². The number of hydrogen-bond donors (Lipinski definition) is 2. The smallest absolute Gasteiger partial charge is 0.0841 e. The van der Waals surface area contributed by atoms with E-state index in [4.69, 9.17) is 0 Å². The highest BCUT2D eigenvalue weighted by atomic mass is 16.3. The molecule has 1 aromatic heterocycles. The molecule has 0 amide bonds. The maximum atomic E-state index is 10.2. The monoisotopic (exact) mass is 275 g/mol. The van der Waals surface area contributed by atoms with E-state index in [1.807, 2.05) is 23.7 Å². The van der Waals surface area contributed by atoms with E-state index in [0.717, 1.165) is 25.1 Å². The molecular formula is C16H25N3O. The van der Waals surface area contributed by atoms with Gasteiger partial charge in [0.15, 0.2) is 0 Å². The van der Waals surface area contributed by atoms with Gasteiger partial charge in [-0.1, -0.05) is 31.5 Å². The molecule has 1 heterocycles. The van der Waals surface area contributed by atoms with Crippen molar-refractivity contribution >= 4 is 10.9 Å². The van der Waals surface area contributed by atoms with Gasteiger partial charge in [0.25, 0.3) is 0 Å². The Morgan fingerprint density at radius 3 is 2.75 bits per heavy atom. The molecule has 2 N–H and O–H groups in total. The van der Waals surface area contributed by atoms with Gasteiger partial charge in [-0.05, 0) is 26.3 Å². The average molecular weight is 275 g/mol. The highest BCUT2D eigenvalue weighted by molar-refractivity contribution is 5.81. The van der Waals surface area contributed by atoms with Crippen molar-refractivity contribution in [2.24, 2.45) is 0 Å². The van der Waals surface area contributed by atoms with E-state index in [-0.39, 0.29) is 0 Å². The summed E-state index contributed by atoms with van der Waals surface area (Å²) in [5.74, 6) is 0. The zero-order valence-electron chi connectivity index (χ0n) is 12.7. The normalized spacial score (nSPS) is 14.6. The van der Waals surface area contributed by atoms with Gasteiger partial charge in [0.1, 0.15) is 0 Å². The van der Waals surface area contributed by atoms with Gasteiger partial charge in [0.05, 0.1) is 16.8 Å². The Morgan fingerprint density at radius 1 is 1.30 bits per heavy atom. The molecule has 110 valence electrons. The Bertz CT molecular complexity index is 560. The second-order valence-corrected chi connectivity index (χ2v) is 5.63. The average Bonchev–Trinajstić information content (AvgIpc) is 2.77. The van der Waals surface area contributed by atoms with Crippen molar-refractivity contribution in [2.45, 2.75) is 52.3 Å². The number of aromatic nitrogens is 2. The molecule has 0 saturated heterocycles. The maximum absolute atomic E-state index is 10.2. The highest BCUT2D eigenvalue weighted by Crippen LogP contribution is 2.18. The van der Waals surface area contributed by atoms with Crippen molar-refractivity contribution in [3.63, 3.8) is 0 Å². The number of hydrogen-bond acceptors (Lipinski definition) is 3. The zero-order chi connectivity index (χ0) is 14.6. The zero-order valence-corrected chi connectivity index (χ0v) is 12.7. The first kappa shape index (κ1) is 15.0. The predicted octanol–water partition coefficient (Wildman–Crippen LogP) is 2.70. The Hall–Kier alpha value is -1.39. The summed E-state index contributed by atoms with van der Waals surface area (Å²) in [7, 11) is 0. The van der Waals surface area contributed by atoms with E-state index in [1.54, 1.807) is 0 Å². The molecule has 2 aromatic rings. The molecule has 20 heavy (non-hydrogen) atoms. The molecule has 1 unspecified atom stereocenters. The van der Waals surface area contributed by atoms with Gasteiger partial charge in [0, 0.05) is 25.0 Å². The molecule has 0 aliphatic rings. The highest BCUT2D eigenvalue weighted by Gasteiger charge is 2.18. The fourth-order valence-corrected chi connectivity index (χ4v) is 2.64. The van der Waals surface area contributed by atoms with E-state index < -0.39 is 5.60 Å². The number of aryl methyl sites for hydroxylation is 1. The first-order valence-electron chi connectivity index (χ1n) is 7.45. The molecule has 0 aliphatic carbocycles. The van der Waals surface area contributed by atoms with Crippen LogP contribution in [0.5, 0.6) is 0 Å². The molecule has 0 bridgehead atoms. The summed E-state index contributed by atoms with van der Waals surface area (Å²) in [6.45, 7) is 8.22. The lowest BCUT2D eigenvalue weighted by atomic mass is 10.0. The lowest BCUT2D eigenvalue weighted by Gasteiger charge is -2.22. The first-order valence-corrected chi connectivity index (χ1v) is 7.45. The molecular weight excluding hydrogens is 250 g/mol. The molecule has 0 aliphatic heterocycles. The topological polar surface area (TPSA) is 50.1 Å². The second-order valence-electron chi connectivity index (χ2n) is 5.63. The van der Waals surface area contributed by atoms with Crippen molar-refractivity contribution < 1.29 is 5.11 Å². The van der Waals surface area contributed by atoms with Crippen molar-refractivity contribution in [3.05, 3.63) is 30.0 Å². The molecule has 0 fully saturated rings. The quantitative estimate of drug-likeness (QED) is 0.817. The second kappa shape index (κ2) is 6.37. The van der Waals surface area contributed by atoms with Crippen molar-refractivity contribution in [2.75, 3.05) is 6.54 Å². The van der Waals surface area contributed by atoms with Crippen LogP contribution in [0.15, 0.2) is 24.3 Å². The number of rotatable bonds is 7. The van der Waals surface area contributed by atoms with Crippen LogP contribution in [0.4, 0.5) is 0 Å².